The number of hydrogen-bond acceptors (Lipinski definition) is 17. The topological polar surface area (TPSA) is 339 Å². The predicted molar refractivity (Wildman–Crippen MR) is 351 cm³/mol. The Bertz CT molecular complexity index is 4100. The van der Waals surface area contributed by atoms with Crippen LogP contribution in [0, 0.1) is 26.1 Å². The van der Waals surface area contributed by atoms with Crippen LogP contribution in [0.25, 0.3) is 21.5 Å². The van der Waals surface area contributed by atoms with Gasteiger partial charge in [0.1, 0.15) is 24.7 Å². The molecule has 0 fully saturated rings. The fraction of sp³-hybridized carbons (Fsp3) is 0.348. The number of unbranched alkanes of at least 4 members (excludes halogenated alkanes) is 2. The first-order chi connectivity index (χ1) is 45.9. The molecule has 500 valence electrons. The molecule has 3 aliphatic rings. The molecule has 6 aromatic carbocycles. The second-order valence-electron chi connectivity index (χ2n) is 24.0. The Balaban J connectivity index is 0.835. The summed E-state index contributed by atoms with van der Waals surface area (Å²) in [5.41, 5.74) is 1.26. The molecule has 0 bridgehead atoms. The van der Waals surface area contributed by atoms with Crippen molar-refractivity contribution in [3.05, 3.63) is 181 Å². The Morgan fingerprint density at radius 2 is 1.14 bits per heavy atom. The van der Waals surface area contributed by atoms with E-state index in [0.29, 0.717) is 59.8 Å². The smallest absolute Gasteiger partial charge is 0.410 e. The lowest BCUT2D eigenvalue weighted by Gasteiger charge is -2.36. The van der Waals surface area contributed by atoms with Gasteiger partial charge in [0.05, 0.1) is 21.0 Å². The zero-order valence-electron chi connectivity index (χ0n) is 53.7. The maximum atomic E-state index is 15.1. The largest absolute Gasteiger partial charge is 0.445 e. The van der Waals surface area contributed by atoms with Gasteiger partial charge in [0.15, 0.2) is 0 Å². The van der Waals surface area contributed by atoms with Gasteiger partial charge in [-0.1, -0.05) is 93.9 Å². The molecule has 27 nitrogen and oxygen atoms in total. The number of anilines is 1. The van der Waals surface area contributed by atoms with Gasteiger partial charge in [-0.25, -0.2) is 4.79 Å². The van der Waals surface area contributed by atoms with Gasteiger partial charge in [-0.05, 0) is 91.4 Å². The number of nitrogens with one attached hydrogen (secondary N) is 3. The van der Waals surface area contributed by atoms with Gasteiger partial charge in [0.2, 0.25) is 23.6 Å². The molecule has 0 saturated heterocycles. The summed E-state index contributed by atoms with van der Waals surface area (Å²) in [6, 6.07) is 26.4. The van der Waals surface area contributed by atoms with E-state index in [9.17, 15) is 68.2 Å². The van der Waals surface area contributed by atoms with Crippen LogP contribution in [0.4, 0.5) is 21.9 Å². The van der Waals surface area contributed by atoms with Crippen molar-refractivity contribution in [1.82, 2.24) is 40.0 Å². The summed E-state index contributed by atoms with van der Waals surface area (Å²) < 4.78 is 5.76. The van der Waals surface area contributed by atoms with Crippen molar-refractivity contribution < 1.29 is 67.3 Å². The molecule has 3 heterocycles. The van der Waals surface area contributed by atoms with Gasteiger partial charge in [0.25, 0.3) is 46.8 Å². The molecule has 0 saturated carbocycles. The van der Waals surface area contributed by atoms with Gasteiger partial charge in [-0.15, -0.1) is 0 Å². The molecule has 0 aliphatic carbocycles. The van der Waals surface area contributed by atoms with Gasteiger partial charge < -0.3 is 30.5 Å². The lowest BCUT2D eigenvalue weighted by molar-refractivity contribution is -0.384. The van der Waals surface area contributed by atoms with Crippen molar-refractivity contribution in [1.29, 1.82) is 0 Å². The van der Waals surface area contributed by atoms with E-state index in [1.54, 1.807) is 92.7 Å². The van der Waals surface area contributed by atoms with Crippen LogP contribution >= 0.6 is 0 Å². The highest BCUT2D eigenvalue weighted by atomic mass is 16.6. The Morgan fingerprint density at radius 3 is 1.69 bits per heavy atom. The van der Waals surface area contributed by atoms with Gasteiger partial charge in [0, 0.05) is 123 Å². The molecule has 27 heteroatoms. The van der Waals surface area contributed by atoms with Gasteiger partial charge in [-0.2, -0.15) is 0 Å². The quantitative estimate of drug-likeness (QED) is 0.0168. The Morgan fingerprint density at radius 1 is 0.573 bits per heavy atom. The van der Waals surface area contributed by atoms with E-state index in [1.807, 2.05) is 17.9 Å². The van der Waals surface area contributed by atoms with E-state index in [0.717, 1.165) is 31.2 Å². The van der Waals surface area contributed by atoms with E-state index in [2.05, 4.69) is 16.0 Å². The molecule has 6 aromatic rings. The number of amides is 11. The number of non-ortho nitro benzene ring substituents is 2. The minimum absolute atomic E-state index is 0.00683. The fourth-order valence-electron chi connectivity index (χ4n) is 12.1. The van der Waals surface area contributed by atoms with Crippen LogP contribution in [0.15, 0.2) is 127 Å². The maximum Gasteiger partial charge on any atom is 0.410 e. The van der Waals surface area contributed by atoms with Gasteiger partial charge in [-0.3, -0.25) is 87.8 Å². The summed E-state index contributed by atoms with van der Waals surface area (Å²) >= 11 is 0. The number of rotatable bonds is 31. The minimum atomic E-state index is -1.17. The van der Waals surface area contributed by atoms with Crippen LogP contribution in [-0.2, 0) is 46.5 Å². The van der Waals surface area contributed by atoms with Crippen molar-refractivity contribution in [2.24, 2.45) is 5.92 Å². The number of carbonyl (C=O) groups is 11. The number of benzene rings is 6. The molecule has 2 unspecified atom stereocenters. The molecule has 3 atom stereocenters. The summed E-state index contributed by atoms with van der Waals surface area (Å²) in [5.74, 6) is -6.14. The first kappa shape index (κ1) is 69.3. The normalized spacial score (nSPS) is 14.3. The van der Waals surface area contributed by atoms with Crippen molar-refractivity contribution >= 4 is 104 Å². The number of nitro groups is 2. The zero-order valence-corrected chi connectivity index (χ0v) is 53.7. The van der Waals surface area contributed by atoms with Crippen LogP contribution in [-0.4, -0.2) is 182 Å². The van der Waals surface area contributed by atoms with Crippen LogP contribution in [0.2, 0.25) is 0 Å². The Hall–Kier alpha value is -11.1. The number of nitrogens with zero attached hydrogens (tertiary/aromatic N) is 8. The SMILES string of the molecule is CCN(CCCN(CCN1C(=O)c2cccc3cc([N+](=O)[O-])cc(c23)C1=O)C(=O)C(C(C)C)N(C)C(=O)OCc1ccc(NC(=O)[C@H](Cc2ccccc2)NC(=O)C(C)NC(=O)CCCCCN2C(=O)C=CC2=O)cc1)CCN1C(=O)c2cccc3cc([N+](=O)[O-])cc(c23)C1=O. The third-order valence-corrected chi connectivity index (χ3v) is 17.2. The molecular formula is C69H73N11O16. The van der Waals surface area contributed by atoms with Crippen LogP contribution in [0.5, 0.6) is 0 Å². The highest BCUT2D eigenvalue weighted by molar-refractivity contribution is 6.27. The number of ether oxygens (including phenoxy) is 1. The van der Waals surface area contributed by atoms with E-state index < -0.39 is 87.2 Å². The highest BCUT2D eigenvalue weighted by Gasteiger charge is 2.39. The summed E-state index contributed by atoms with van der Waals surface area (Å²) in [5, 5.41) is 33.4. The van der Waals surface area contributed by atoms with Crippen molar-refractivity contribution in [3.8, 4) is 0 Å². The first-order valence-electron chi connectivity index (χ1n) is 31.6. The third-order valence-electron chi connectivity index (χ3n) is 17.2. The monoisotopic (exact) mass is 1310 g/mol. The minimum Gasteiger partial charge on any atom is -0.445 e. The zero-order chi connectivity index (χ0) is 69.1. The molecule has 3 aliphatic heterocycles. The van der Waals surface area contributed by atoms with Crippen LogP contribution in [0.1, 0.15) is 112 Å². The van der Waals surface area contributed by atoms with Crippen LogP contribution < -0.4 is 16.0 Å². The molecule has 0 radical (unpaired) electrons. The average Bonchev–Trinajstić information content (AvgIpc) is 1.40. The van der Waals surface area contributed by atoms with E-state index in [1.165, 1.54) is 55.3 Å². The number of nitro benzene ring substituents is 2. The Kier molecular flexibility index (Phi) is 22.2. The second kappa shape index (κ2) is 30.8. The summed E-state index contributed by atoms with van der Waals surface area (Å²) in [6.07, 6.45) is 3.52. The standard InChI is InChI=1S/C69H73N11O16/c1-6-74(32-34-77-64(86)51-20-13-18-46-37-49(79(92)93)39-53(59(46)51)66(77)88)29-15-30-75(33-35-78-65(87)52-21-14-19-47-38-50(80(94)95)40-54(60(47)52)67(78)89)68(90)61(42(2)3)73(5)69(91)96-41-45-23-25-48(26-24-45)71-63(85)55(36-44-16-9-7-10-17-44)72-62(84)43(4)70-56(81)22-11-8-12-31-76-57(82)27-28-58(76)83/h7,9-10,13-14,16-21,23-28,37-40,42-43,55,61H,6,8,11-12,15,22,29-36,41H2,1-5H3,(H,70,81)(H,71,85)(H,72,84)/t43?,55-,61?/m0/s1. The van der Waals surface area contributed by atoms with E-state index in [-0.39, 0.29) is 116 Å². The number of hydrogen-bond donors (Lipinski definition) is 3. The molecule has 3 N–H and O–H groups in total. The fourth-order valence-corrected chi connectivity index (χ4v) is 12.1. The second-order valence-corrected chi connectivity index (χ2v) is 24.0. The van der Waals surface area contributed by atoms with E-state index in [4.69, 9.17) is 4.74 Å². The van der Waals surface area contributed by atoms with Gasteiger partial charge >= 0.3 is 6.09 Å². The van der Waals surface area contributed by atoms with Crippen molar-refractivity contribution in [3.63, 3.8) is 0 Å². The number of likely N-dealkylation sites (N-methyl/N-ethyl adjacent to an activating group) is 2. The summed E-state index contributed by atoms with van der Waals surface area (Å²) in [4.78, 5) is 179. The third kappa shape index (κ3) is 15.9. The van der Waals surface area contributed by atoms with E-state index >= 15 is 4.79 Å². The molecule has 0 spiro atoms. The van der Waals surface area contributed by atoms with Crippen LogP contribution in [0.3, 0.4) is 0 Å². The van der Waals surface area contributed by atoms with Crippen molar-refractivity contribution in [2.45, 2.75) is 91.0 Å². The van der Waals surface area contributed by atoms with Crippen molar-refractivity contribution in [2.75, 3.05) is 64.7 Å². The number of carbonyl (C=O) groups excluding carboxylic acids is 11. The molecule has 9 rings (SSSR count). The molecule has 11 amide bonds. The molecular weight excluding hydrogens is 1240 g/mol. The molecule has 96 heavy (non-hydrogen) atoms. The maximum absolute atomic E-state index is 15.1. The first-order valence-corrected chi connectivity index (χ1v) is 31.6. The number of imide groups is 3. The average molecular weight is 1310 g/mol. The highest BCUT2D eigenvalue weighted by Crippen LogP contribution is 2.35. The lowest BCUT2D eigenvalue weighted by atomic mass is 9.93. The Labute approximate surface area is 551 Å². The summed E-state index contributed by atoms with van der Waals surface area (Å²) in [7, 11) is 1.40. The summed E-state index contributed by atoms with van der Waals surface area (Å²) in [6.45, 7) is 7.01. The lowest BCUT2D eigenvalue weighted by Crippen LogP contribution is -2.54. The predicted octanol–water partition coefficient (Wildman–Crippen LogP) is 7.19. The molecule has 0 aromatic heterocycles.